The second kappa shape index (κ2) is 35.7. The Bertz CT molecular complexity index is 868. The largest absolute Gasteiger partial charge is 0.475 e. The highest BCUT2D eigenvalue weighted by atomic mass is 31.2. The van der Waals surface area contributed by atoms with Crippen molar-refractivity contribution in [1.29, 1.82) is 0 Å². The maximum atomic E-state index is 13.2. The molecule has 0 fully saturated rings. The minimum atomic E-state index is -4.00. The lowest BCUT2D eigenvalue weighted by molar-refractivity contribution is -1.07. The zero-order chi connectivity index (χ0) is 38.6. The molecule has 10 nitrogen and oxygen atoms in total. The summed E-state index contributed by atoms with van der Waals surface area (Å²) in [6.45, 7) is 5.82. The van der Waals surface area contributed by atoms with Gasteiger partial charge in [0.15, 0.2) is 6.10 Å². The molecule has 310 valence electrons. The van der Waals surface area contributed by atoms with E-state index in [1.165, 1.54) is 128 Å². The third kappa shape index (κ3) is 36.0. The average Bonchev–Trinajstić information content (AvgIpc) is 3.09. The van der Waals surface area contributed by atoms with Crippen LogP contribution in [-0.4, -0.2) is 75.0 Å². The number of likely N-dealkylation sites (N-methyl/N-ethyl adjacent to an activating group) is 1. The van der Waals surface area contributed by atoms with Gasteiger partial charge in [0, 0.05) is 12.8 Å². The van der Waals surface area contributed by atoms with Gasteiger partial charge in [0.05, 0.1) is 27.3 Å². The Morgan fingerprint density at radius 2 is 0.923 bits per heavy atom. The Morgan fingerprint density at radius 3 is 1.31 bits per heavy atom. The fourth-order valence-corrected chi connectivity index (χ4v) is 7.21. The van der Waals surface area contributed by atoms with Crippen LogP contribution in [0.1, 0.15) is 201 Å². The first-order valence-corrected chi connectivity index (χ1v) is 23.0. The van der Waals surface area contributed by atoms with E-state index in [1.807, 2.05) is 0 Å². The molecule has 0 aliphatic heterocycles. The fourth-order valence-electron chi connectivity index (χ4n) is 6.01. The quantitative estimate of drug-likeness (QED) is 0.0214. The van der Waals surface area contributed by atoms with Crippen LogP contribution in [0.5, 0.6) is 0 Å². The van der Waals surface area contributed by atoms with E-state index in [1.54, 1.807) is 21.0 Å². The first kappa shape index (κ1) is 51.0. The number of rotatable bonds is 40. The van der Waals surface area contributed by atoms with Crippen LogP contribution < -0.4 is 0 Å². The fraction of sp³-hybridized carbons (Fsp3) is 0.951. The summed E-state index contributed by atoms with van der Waals surface area (Å²) in [6, 6.07) is 0. The van der Waals surface area contributed by atoms with Gasteiger partial charge in [0.2, 0.25) is 0 Å². The molecule has 0 aromatic rings. The molecular formula is C41H83NO9P+. The number of hydrogen-bond donors (Lipinski definition) is 1. The highest BCUT2D eigenvalue weighted by Crippen LogP contribution is 2.49. The summed E-state index contributed by atoms with van der Waals surface area (Å²) in [5, 5.41) is 9.93. The normalized spacial score (nSPS) is 13.6. The zero-order valence-electron chi connectivity index (χ0n) is 34.5. The van der Waals surface area contributed by atoms with Gasteiger partial charge >= 0.3 is 19.8 Å². The number of carbonyl (C=O) groups excluding carboxylic acids is 2. The maximum absolute atomic E-state index is 13.2. The van der Waals surface area contributed by atoms with Gasteiger partial charge in [-0.2, -0.15) is 4.65 Å². The van der Waals surface area contributed by atoms with Crippen molar-refractivity contribution in [3.8, 4) is 0 Å². The molecule has 0 aliphatic rings. The van der Waals surface area contributed by atoms with Crippen molar-refractivity contribution in [3.63, 3.8) is 0 Å². The number of unbranched alkanes of at least 4 members (excludes halogenated alkanes) is 24. The van der Waals surface area contributed by atoms with Crippen LogP contribution in [0.15, 0.2) is 0 Å². The third-order valence-corrected chi connectivity index (χ3v) is 10.8. The van der Waals surface area contributed by atoms with Crippen LogP contribution in [0.25, 0.3) is 0 Å². The molecular weight excluding hydrogens is 681 g/mol. The minimum absolute atomic E-state index is 0.0710. The van der Waals surface area contributed by atoms with E-state index >= 15 is 0 Å². The Hall–Kier alpha value is -1.03. The molecule has 2 atom stereocenters. The van der Waals surface area contributed by atoms with Gasteiger partial charge in [-0.25, -0.2) is 9.77 Å². The number of hydrogen-bond acceptors (Lipinski definition) is 9. The van der Waals surface area contributed by atoms with Crippen LogP contribution in [0, 0.1) is 0 Å². The molecule has 0 saturated heterocycles. The van der Waals surface area contributed by atoms with Crippen LogP contribution in [0.4, 0.5) is 0 Å². The highest BCUT2D eigenvalue weighted by molar-refractivity contribution is 7.48. The van der Waals surface area contributed by atoms with Gasteiger partial charge < -0.3 is 9.47 Å². The number of esters is 2. The predicted octanol–water partition coefficient (Wildman–Crippen LogP) is 12.0. The van der Waals surface area contributed by atoms with Crippen molar-refractivity contribution >= 4 is 19.8 Å². The van der Waals surface area contributed by atoms with E-state index in [2.05, 4.69) is 13.8 Å². The summed E-state index contributed by atoms with van der Waals surface area (Å²) in [5.74, 6) is -0.761. The van der Waals surface area contributed by atoms with Gasteiger partial charge in [-0.3, -0.25) is 23.2 Å². The van der Waals surface area contributed by atoms with E-state index in [9.17, 15) is 19.4 Å². The first-order valence-electron chi connectivity index (χ1n) is 21.5. The van der Waals surface area contributed by atoms with Crippen LogP contribution in [0.2, 0.25) is 0 Å². The molecule has 0 aromatic carbocycles. The van der Waals surface area contributed by atoms with E-state index in [0.717, 1.165) is 38.5 Å². The van der Waals surface area contributed by atoms with Crippen molar-refractivity contribution < 1.29 is 47.1 Å². The summed E-state index contributed by atoms with van der Waals surface area (Å²) < 4.78 is 40.2. The number of carbonyl (C=O) groups is 2. The summed E-state index contributed by atoms with van der Waals surface area (Å²) >= 11 is 0. The van der Waals surface area contributed by atoms with Crippen molar-refractivity contribution in [2.24, 2.45) is 0 Å². The number of quaternary nitrogens is 1. The van der Waals surface area contributed by atoms with Gasteiger partial charge in [-0.15, -0.1) is 0 Å². The number of nitrogens with zero attached hydrogens (tertiary/aromatic N) is 1. The zero-order valence-corrected chi connectivity index (χ0v) is 35.4. The smallest absolute Gasteiger partial charge is 0.462 e. The monoisotopic (exact) mass is 765 g/mol. The average molecular weight is 765 g/mol. The van der Waals surface area contributed by atoms with Gasteiger partial charge in [-0.05, 0) is 19.8 Å². The molecule has 0 radical (unpaired) electrons. The SMILES string of the molecule is CCCCCCCCCCCCCCCC(=O)OC[C@@H](COP(=O)(OCC)OCC[N+](C)(C)O)OC(=O)CCCCCCCCCCCCCCC. The molecule has 1 unspecified atom stereocenters. The van der Waals surface area contributed by atoms with E-state index in [4.69, 9.17) is 23.0 Å². The third-order valence-electron chi connectivity index (χ3n) is 9.29. The number of phosphoric ester groups is 1. The number of hydroxylamine groups is 3. The van der Waals surface area contributed by atoms with Crippen LogP contribution >= 0.6 is 7.82 Å². The molecule has 0 bridgehead atoms. The molecule has 0 saturated carbocycles. The van der Waals surface area contributed by atoms with Crippen molar-refractivity contribution in [2.75, 3.05) is 47.1 Å². The van der Waals surface area contributed by atoms with Gasteiger partial charge in [0.25, 0.3) is 0 Å². The van der Waals surface area contributed by atoms with Crippen LogP contribution in [-0.2, 0) is 37.2 Å². The second-order valence-corrected chi connectivity index (χ2v) is 16.8. The van der Waals surface area contributed by atoms with Crippen molar-refractivity contribution in [3.05, 3.63) is 0 Å². The molecule has 52 heavy (non-hydrogen) atoms. The predicted molar refractivity (Wildman–Crippen MR) is 211 cm³/mol. The first-order chi connectivity index (χ1) is 25.0. The number of ether oxygens (including phenoxy) is 2. The second-order valence-electron chi connectivity index (χ2n) is 15.1. The molecule has 0 rings (SSSR count). The summed E-state index contributed by atoms with van der Waals surface area (Å²) in [7, 11) is -0.869. The molecule has 0 aliphatic carbocycles. The molecule has 0 spiro atoms. The maximum Gasteiger partial charge on any atom is 0.475 e. The summed E-state index contributed by atoms with van der Waals surface area (Å²) in [5.41, 5.74) is 0. The standard InChI is InChI=1S/C41H83NO9P/c1-6-9-11-13-15-17-19-21-23-25-27-29-31-33-40(43)47-37-39(38-50-52(46,48-8-3)49-36-35-42(4,5)45)51-41(44)34-32-30-28-26-24-22-20-18-16-14-12-10-7-2/h39,45H,6-38H2,1-5H3/q+1/t39-,52?/m0/s1. The van der Waals surface area contributed by atoms with E-state index in [-0.39, 0.29) is 50.0 Å². The van der Waals surface area contributed by atoms with E-state index in [0.29, 0.717) is 6.42 Å². The van der Waals surface area contributed by atoms with E-state index < -0.39 is 19.9 Å². The lowest BCUT2D eigenvalue weighted by atomic mass is 10.0. The van der Waals surface area contributed by atoms with Crippen molar-refractivity contribution in [1.82, 2.24) is 0 Å². The Morgan fingerprint density at radius 1 is 0.538 bits per heavy atom. The topological polar surface area (TPSA) is 118 Å². The molecule has 1 N–H and O–H groups in total. The lowest BCUT2D eigenvalue weighted by Gasteiger charge is -2.23. The molecule has 0 heterocycles. The molecule has 11 heteroatoms. The van der Waals surface area contributed by atoms with Gasteiger partial charge in [0.1, 0.15) is 19.8 Å². The highest BCUT2D eigenvalue weighted by Gasteiger charge is 2.30. The molecule has 0 aromatic heterocycles. The minimum Gasteiger partial charge on any atom is -0.462 e. The Kier molecular flexibility index (Phi) is 35.0. The van der Waals surface area contributed by atoms with Crippen molar-refractivity contribution in [2.45, 2.75) is 207 Å². The Balaban J connectivity index is 4.56. The van der Waals surface area contributed by atoms with Gasteiger partial charge in [-0.1, -0.05) is 168 Å². The van der Waals surface area contributed by atoms with Crippen LogP contribution in [0.3, 0.4) is 0 Å². The summed E-state index contributed by atoms with van der Waals surface area (Å²) in [4.78, 5) is 25.3. The molecule has 0 amide bonds. The summed E-state index contributed by atoms with van der Waals surface area (Å²) in [6.07, 6.45) is 31.4. The number of phosphoric acid groups is 1. The Labute approximate surface area is 319 Å². The lowest BCUT2D eigenvalue weighted by Crippen LogP contribution is -2.38.